The number of nitrogens with one attached hydrogen (secondary N) is 2. The predicted octanol–water partition coefficient (Wildman–Crippen LogP) is 4.52. The van der Waals surface area contributed by atoms with E-state index in [0.717, 1.165) is 27.3 Å². The summed E-state index contributed by atoms with van der Waals surface area (Å²) in [5, 5.41) is 7.80. The Morgan fingerprint density at radius 2 is 1.96 bits per heavy atom. The Morgan fingerprint density at radius 3 is 2.71 bits per heavy atom. The highest BCUT2D eigenvalue weighted by molar-refractivity contribution is 7.98. The molecule has 0 aliphatic carbocycles. The van der Waals surface area contributed by atoms with E-state index in [4.69, 9.17) is 0 Å². The summed E-state index contributed by atoms with van der Waals surface area (Å²) in [7, 11) is 0. The molecule has 7 heteroatoms. The van der Waals surface area contributed by atoms with Crippen molar-refractivity contribution in [1.29, 1.82) is 0 Å². The highest BCUT2D eigenvalue weighted by Crippen LogP contribution is 2.25. The molecule has 0 unspecified atom stereocenters. The molecule has 3 rings (SSSR count). The number of amides is 2. The van der Waals surface area contributed by atoms with Crippen LogP contribution in [0.4, 0.5) is 5.13 Å². The van der Waals surface area contributed by atoms with Gasteiger partial charge in [0.2, 0.25) is 5.91 Å². The van der Waals surface area contributed by atoms with Gasteiger partial charge in [0.05, 0.1) is 12.2 Å². The van der Waals surface area contributed by atoms with E-state index in [0.29, 0.717) is 10.7 Å². The smallest absolute Gasteiger partial charge is 0.251 e. The fourth-order valence-corrected chi connectivity index (χ4v) is 4.03. The Bertz CT molecular complexity index is 1010. The second-order valence-corrected chi connectivity index (χ2v) is 8.03. The highest BCUT2D eigenvalue weighted by Gasteiger charge is 2.12. The van der Waals surface area contributed by atoms with Gasteiger partial charge in [-0.25, -0.2) is 4.98 Å². The maximum atomic E-state index is 12.3. The molecule has 144 valence electrons. The average molecular weight is 412 g/mol. The molecule has 0 fully saturated rings. The average Bonchev–Trinajstić information content (AvgIpc) is 3.15. The van der Waals surface area contributed by atoms with Crippen LogP contribution in [0.5, 0.6) is 0 Å². The lowest BCUT2D eigenvalue weighted by Gasteiger charge is -2.08. The van der Waals surface area contributed by atoms with E-state index < -0.39 is 0 Å². The van der Waals surface area contributed by atoms with Crippen LogP contribution in [0.1, 0.15) is 21.5 Å². The highest BCUT2D eigenvalue weighted by atomic mass is 32.2. The van der Waals surface area contributed by atoms with Crippen LogP contribution < -0.4 is 10.6 Å². The molecule has 28 heavy (non-hydrogen) atoms. The molecule has 0 atom stereocenters. The number of aromatic nitrogens is 1. The van der Waals surface area contributed by atoms with Crippen LogP contribution in [0.3, 0.4) is 0 Å². The summed E-state index contributed by atoms with van der Waals surface area (Å²) >= 11 is 2.95. The van der Waals surface area contributed by atoms with Gasteiger partial charge in [0.25, 0.3) is 5.91 Å². The van der Waals surface area contributed by atoms with Gasteiger partial charge in [0.15, 0.2) is 5.13 Å². The fraction of sp³-hybridized carbons (Fsp3) is 0.190. The summed E-state index contributed by atoms with van der Waals surface area (Å²) < 4.78 is 0. The van der Waals surface area contributed by atoms with Gasteiger partial charge in [-0.2, -0.15) is 0 Å². The molecule has 2 amide bonds. The summed E-state index contributed by atoms with van der Waals surface area (Å²) in [6.45, 7) is 3.91. The number of rotatable bonds is 6. The lowest BCUT2D eigenvalue weighted by atomic mass is 10.1. The Morgan fingerprint density at radius 1 is 1.14 bits per heavy atom. The van der Waals surface area contributed by atoms with Crippen LogP contribution >= 0.6 is 23.1 Å². The van der Waals surface area contributed by atoms with Gasteiger partial charge < -0.3 is 10.6 Å². The van der Waals surface area contributed by atoms with Gasteiger partial charge in [0.1, 0.15) is 0 Å². The first-order valence-corrected chi connectivity index (χ1v) is 10.8. The summed E-state index contributed by atoms with van der Waals surface area (Å²) in [5.74, 6) is -0.583. The summed E-state index contributed by atoms with van der Waals surface area (Å²) in [6.07, 6.45) is 1.97. The number of hydrogen-bond donors (Lipinski definition) is 2. The van der Waals surface area contributed by atoms with Crippen molar-refractivity contribution in [3.05, 3.63) is 64.5 Å². The van der Waals surface area contributed by atoms with Crippen LogP contribution in [0, 0.1) is 13.8 Å². The lowest BCUT2D eigenvalue weighted by Crippen LogP contribution is -2.32. The van der Waals surface area contributed by atoms with Crippen molar-refractivity contribution in [3.8, 4) is 11.3 Å². The van der Waals surface area contributed by atoms with Gasteiger partial charge >= 0.3 is 0 Å². The maximum absolute atomic E-state index is 12.3. The molecule has 0 aliphatic rings. The molecular weight excluding hydrogens is 390 g/mol. The van der Waals surface area contributed by atoms with Crippen LogP contribution in [0.15, 0.2) is 52.7 Å². The quantitative estimate of drug-likeness (QED) is 0.585. The second kappa shape index (κ2) is 9.03. The first kappa shape index (κ1) is 20.1. The first-order valence-electron chi connectivity index (χ1n) is 8.71. The van der Waals surface area contributed by atoms with Crippen molar-refractivity contribution in [2.24, 2.45) is 0 Å². The maximum Gasteiger partial charge on any atom is 0.251 e. The second-order valence-electron chi connectivity index (χ2n) is 6.32. The summed E-state index contributed by atoms with van der Waals surface area (Å²) in [4.78, 5) is 29.9. The van der Waals surface area contributed by atoms with E-state index in [1.807, 2.05) is 61.9 Å². The third-order valence-electron chi connectivity index (χ3n) is 4.14. The van der Waals surface area contributed by atoms with E-state index in [-0.39, 0.29) is 18.4 Å². The minimum Gasteiger partial charge on any atom is -0.343 e. The van der Waals surface area contributed by atoms with E-state index in [1.54, 1.807) is 17.8 Å². The van der Waals surface area contributed by atoms with Crippen LogP contribution in [0.25, 0.3) is 11.3 Å². The summed E-state index contributed by atoms with van der Waals surface area (Å²) in [6, 6.07) is 13.5. The lowest BCUT2D eigenvalue weighted by molar-refractivity contribution is -0.115. The number of hydrogen-bond acceptors (Lipinski definition) is 5. The molecule has 0 aliphatic heterocycles. The van der Waals surface area contributed by atoms with Crippen LogP contribution in [-0.2, 0) is 4.79 Å². The monoisotopic (exact) mass is 411 g/mol. The number of benzene rings is 2. The largest absolute Gasteiger partial charge is 0.343 e. The molecule has 3 aromatic rings. The Kier molecular flexibility index (Phi) is 6.49. The third kappa shape index (κ3) is 4.99. The van der Waals surface area contributed by atoms with Crippen molar-refractivity contribution in [3.63, 3.8) is 0 Å². The SMILES string of the molecule is CSc1cc(C(=O)NCC(=O)Nc2nc(-c3cccc(C)c3)cs2)ccc1C. The zero-order valence-electron chi connectivity index (χ0n) is 15.9. The van der Waals surface area contributed by atoms with E-state index in [1.165, 1.54) is 11.3 Å². The third-order valence-corrected chi connectivity index (χ3v) is 5.78. The Balaban J connectivity index is 1.57. The van der Waals surface area contributed by atoms with Crippen molar-refractivity contribution in [2.45, 2.75) is 18.7 Å². The molecule has 2 aromatic carbocycles. The predicted molar refractivity (Wildman–Crippen MR) is 116 cm³/mol. The normalized spacial score (nSPS) is 10.5. The van der Waals surface area contributed by atoms with Crippen molar-refractivity contribution in [2.75, 3.05) is 18.1 Å². The number of thioether (sulfide) groups is 1. The van der Waals surface area contributed by atoms with Crippen molar-refractivity contribution >= 4 is 40.0 Å². The first-order chi connectivity index (χ1) is 13.5. The Hall–Kier alpha value is -2.64. The number of anilines is 1. The zero-order valence-corrected chi connectivity index (χ0v) is 17.5. The topological polar surface area (TPSA) is 71.1 Å². The van der Waals surface area contributed by atoms with Crippen LogP contribution in [-0.4, -0.2) is 29.6 Å². The van der Waals surface area contributed by atoms with Gasteiger partial charge in [-0.15, -0.1) is 23.1 Å². The Labute approximate surface area is 172 Å². The molecule has 0 bridgehead atoms. The summed E-state index contributed by atoms with van der Waals surface area (Å²) in [5.41, 5.74) is 4.64. The number of carbonyl (C=O) groups excluding carboxylic acids is 2. The van der Waals surface area contributed by atoms with Gasteiger partial charge in [-0.05, 0) is 43.9 Å². The molecule has 1 aromatic heterocycles. The number of thiazole rings is 1. The van der Waals surface area contributed by atoms with Crippen molar-refractivity contribution in [1.82, 2.24) is 10.3 Å². The molecule has 0 spiro atoms. The molecule has 5 nitrogen and oxygen atoms in total. The zero-order chi connectivity index (χ0) is 20.1. The number of carbonyl (C=O) groups is 2. The molecule has 0 saturated carbocycles. The van der Waals surface area contributed by atoms with Crippen LogP contribution in [0.2, 0.25) is 0 Å². The molecule has 2 N–H and O–H groups in total. The minimum atomic E-state index is -0.310. The van der Waals surface area contributed by atoms with E-state index in [2.05, 4.69) is 15.6 Å². The van der Waals surface area contributed by atoms with Gasteiger partial charge in [-0.3, -0.25) is 9.59 Å². The fourth-order valence-electron chi connectivity index (χ4n) is 2.66. The standard InChI is InChI=1S/C21H21N3O2S2/c1-13-5-4-6-15(9-13)17-12-28-21(23-17)24-19(25)11-22-20(26)16-8-7-14(2)18(10-16)27-3/h4-10,12H,11H2,1-3H3,(H,22,26)(H,23,24,25). The molecule has 0 saturated heterocycles. The van der Waals surface area contributed by atoms with E-state index >= 15 is 0 Å². The molecule has 0 radical (unpaired) electrons. The number of nitrogens with zero attached hydrogens (tertiary/aromatic N) is 1. The van der Waals surface area contributed by atoms with E-state index in [9.17, 15) is 9.59 Å². The van der Waals surface area contributed by atoms with Crippen molar-refractivity contribution < 1.29 is 9.59 Å². The van der Waals surface area contributed by atoms with Gasteiger partial charge in [0, 0.05) is 21.4 Å². The molecule has 1 heterocycles. The van der Waals surface area contributed by atoms with Gasteiger partial charge in [-0.1, -0.05) is 29.8 Å². The number of aryl methyl sites for hydroxylation is 2. The minimum absolute atomic E-state index is 0.110. The molecular formula is C21H21N3O2S2.